The van der Waals surface area contributed by atoms with Gasteiger partial charge in [0.25, 0.3) is 0 Å². The van der Waals surface area contributed by atoms with Crippen LogP contribution in [0.15, 0.2) is 24.3 Å². The molecule has 1 aliphatic rings. The monoisotopic (exact) mass is 217 g/mol. The van der Waals surface area contributed by atoms with Crippen molar-refractivity contribution < 1.29 is 0 Å². The summed E-state index contributed by atoms with van der Waals surface area (Å²) in [7, 11) is 0. The van der Waals surface area contributed by atoms with Crippen molar-refractivity contribution in [3.63, 3.8) is 0 Å². The van der Waals surface area contributed by atoms with Gasteiger partial charge in [0.1, 0.15) is 0 Å². The summed E-state index contributed by atoms with van der Waals surface area (Å²) in [4.78, 5) is 0. The summed E-state index contributed by atoms with van der Waals surface area (Å²) in [5.41, 5.74) is 9.07. The maximum atomic E-state index is 6.18. The quantitative estimate of drug-likeness (QED) is 0.826. The highest BCUT2D eigenvalue weighted by Crippen LogP contribution is 2.26. The minimum Gasteiger partial charge on any atom is -0.327 e. The van der Waals surface area contributed by atoms with Crippen LogP contribution < -0.4 is 5.73 Å². The Morgan fingerprint density at radius 1 is 1.06 bits per heavy atom. The van der Waals surface area contributed by atoms with E-state index in [0.29, 0.717) is 12.0 Å². The van der Waals surface area contributed by atoms with Crippen LogP contribution in [0.1, 0.15) is 43.7 Å². The summed E-state index contributed by atoms with van der Waals surface area (Å²) >= 11 is 0. The fourth-order valence-corrected chi connectivity index (χ4v) is 2.70. The zero-order chi connectivity index (χ0) is 11.4. The molecule has 1 aliphatic carbocycles. The topological polar surface area (TPSA) is 26.0 Å². The van der Waals surface area contributed by atoms with E-state index in [4.69, 9.17) is 5.73 Å². The van der Waals surface area contributed by atoms with E-state index < -0.39 is 0 Å². The minimum absolute atomic E-state index is 0.430. The van der Waals surface area contributed by atoms with E-state index in [1.54, 1.807) is 0 Å². The third-order valence-electron chi connectivity index (χ3n) is 3.90. The van der Waals surface area contributed by atoms with Crippen LogP contribution in [-0.4, -0.2) is 6.04 Å². The van der Waals surface area contributed by atoms with Gasteiger partial charge in [0.15, 0.2) is 0 Å². The van der Waals surface area contributed by atoms with Gasteiger partial charge in [-0.15, -0.1) is 0 Å². The zero-order valence-electron chi connectivity index (χ0n) is 10.3. The fourth-order valence-electron chi connectivity index (χ4n) is 2.70. The number of hydrogen-bond donors (Lipinski definition) is 1. The standard InChI is InChI=1S/C15H23N/c1-2-12-7-9-13(10-8-12)11-14-5-3-4-6-15(14)16/h7-10,14-15H,2-6,11,16H2,1H3. The van der Waals surface area contributed by atoms with Crippen LogP contribution in [0, 0.1) is 5.92 Å². The molecular formula is C15H23N. The molecule has 1 heteroatoms. The van der Waals surface area contributed by atoms with Gasteiger partial charge in [-0.3, -0.25) is 0 Å². The predicted molar refractivity (Wildman–Crippen MR) is 69.5 cm³/mol. The van der Waals surface area contributed by atoms with E-state index in [0.717, 1.165) is 6.42 Å². The van der Waals surface area contributed by atoms with E-state index in [-0.39, 0.29) is 0 Å². The highest BCUT2D eigenvalue weighted by molar-refractivity contribution is 5.23. The average Bonchev–Trinajstić information content (AvgIpc) is 2.33. The van der Waals surface area contributed by atoms with Gasteiger partial charge in [-0.1, -0.05) is 44.0 Å². The first-order chi connectivity index (χ1) is 7.79. The van der Waals surface area contributed by atoms with Crippen LogP contribution in [0.25, 0.3) is 0 Å². The minimum atomic E-state index is 0.430. The van der Waals surface area contributed by atoms with Crippen molar-refractivity contribution in [1.82, 2.24) is 0 Å². The largest absolute Gasteiger partial charge is 0.327 e. The maximum Gasteiger partial charge on any atom is 0.00703 e. The number of rotatable bonds is 3. The van der Waals surface area contributed by atoms with Gasteiger partial charge in [0.05, 0.1) is 0 Å². The highest BCUT2D eigenvalue weighted by atomic mass is 14.7. The molecule has 1 saturated carbocycles. The van der Waals surface area contributed by atoms with Crippen LogP contribution in [0.2, 0.25) is 0 Å². The molecule has 0 amide bonds. The summed E-state index contributed by atoms with van der Waals surface area (Å²) in [5, 5.41) is 0. The Morgan fingerprint density at radius 3 is 2.31 bits per heavy atom. The van der Waals surface area contributed by atoms with Crippen LogP contribution in [-0.2, 0) is 12.8 Å². The molecule has 2 atom stereocenters. The molecule has 2 rings (SSSR count). The Balaban J connectivity index is 1.96. The third kappa shape index (κ3) is 2.85. The fraction of sp³-hybridized carbons (Fsp3) is 0.600. The third-order valence-corrected chi connectivity index (χ3v) is 3.90. The summed E-state index contributed by atoms with van der Waals surface area (Å²) in [6.07, 6.45) is 7.53. The first-order valence-corrected chi connectivity index (χ1v) is 6.63. The SMILES string of the molecule is CCc1ccc(CC2CCCCC2N)cc1. The van der Waals surface area contributed by atoms with Gasteiger partial charge in [-0.25, -0.2) is 0 Å². The summed E-state index contributed by atoms with van der Waals surface area (Å²) in [6.45, 7) is 2.20. The lowest BCUT2D eigenvalue weighted by Crippen LogP contribution is -2.34. The zero-order valence-corrected chi connectivity index (χ0v) is 10.3. The lowest BCUT2D eigenvalue weighted by molar-refractivity contribution is 0.306. The molecule has 0 heterocycles. The molecule has 0 bridgehead atoms. The van der Waals surface area contributed by atoms with Gasteiger partial charge < -0.3 is 5.73 Å². The van der Waals surface area contributed by atoms with Crippen molar-refractivity contribution in [2.24, 2.45) is 11.7 Å². The maximum absolute atomic E-state index is 6.18. The Morgan fingerprint density at radius 2 is 1.69 bits per heavy atom. The summed E-state index contributed by atoms with van der Waals surface area (Å²) in [6, 6.07) is 9.49. The van der Waals surface area contributed by atoms with Crippen LogP contribution >= 0.6 is 0 Å². The number of nitrogens with two attached hydrogens (primary N) is 1. The van der Waals surface area contributed by atoms with Crippen molar-refractivity contribution in [1.29, 1.82) is 0 Å². The molecular weight excluding hydrogens is 194 g/mol. The molecule has 0 saturated heterocycles. The molecule has 0 aliphatic heterocycles. The second-order valence-corrected chi connectivity index (χ2v) is 5.08. The lowest BCUT2D eigenvalue weighted by atomic mass is 9.81. The Hall–Kier alpha value is -0.820. The molecule has 88 valence electrons. The predicted octanol–water partition coefficient (Wildman–Crippen LogP) is 3.31. The number of hydrogen-bond acceptors (Lipinski definition) is 1. The van der Waals surface area contributed by atoms with Crippen molar-refractivity contribution in [3.05, 3.63) is 35.4 Å². The van der Waals surface area contributed by atoms with E-state index >= 15 is 0 Å². The van der Waals surface area contributed by atoms with Gasteiger partial charge in [-0.05, 0) is 42.7 Å². The van der Waals surface area contributed by atoms with E-state index in [2.05, 4.69) is 31.2 Å². The summed E-state index contributed by atoms with van der Waals surface area (Å²) in [5.74, 6) is 0.709. The van der Waals surface area contributed by atoms with Crippen molar-refractivity contribution >= 4 is 0 Å². The van der Waals surface area contributed by atoms with Gasteiger partial charge in [-0.2, -0.15) is 0 Å². The van der Waals surface area contributed by atoms with Crippen molar-refractivity contribution in [2.45, 2.75) is 51.5 Å². The molecule has 1 aromatic rings. The molecule has 1 fully saturated rings. The highest BCUT2D eigenvalue weighted by Gasteiger charge is 2.21. The van der Waals surface area contributed by atoms with Crippen molar-refractivity contribution in [3.8, 4) is 0 Å². The van der Waals surface area contributed by atoms with Crippen LogP contribution in [0.5, 0.6) is 0 Å². The molecule has 0 radical (unpaired) electrons. The second kappa shape index (κ2) is 5.49. The van der Waals surface area contributed by atoms with Gasteiger partial charge >= 0.3 is 0 Å². The Labute approximate surface area is 99.0 Å². The second-order valence-electron chi connectivity index (χ2n) is 5.08. The molecule has 0 aromatic heterocycles. The molecule has 2 unspecified atom stereocenters. The Bertz CT molecular complexity index is 315. The molecule has 2 N–H and O–H groups in total. The van der Waals surface area contributed by atoms with E-state index in [1.165, 1.54) is 43.2 Å². The first kappa shape index (κ1) is 11.7. The van der Waals surface area contributed by atoms with Crippen LogP contribution in [0.4, 0.5) is 0 Å². The average molecular weight is 217 g/mol. The van der Waals surface area contributed by atoms with Gasteiger partial charge in [0, 0.05) is 6.04 Å². The van der Waals surface area contributed by atoms with Gasteiger partial charge in [0.2, 0.25) is 0 Å². The molecule has 1 nitrogen and oxygen atoms in total. The first-order valence-electron chi connectivity index (χ1n) is 6.63. The van der Waals surface area contributed by atoms with E-state index in [9.17, 15) is 0 Å². The molecule has 16 heavy (non-hydrogen) atoms. The lowest BCUT2D eigenvalue weighted by Gasteiger charge is -2.28. The van der Waals surface area contributed by atoms with Crippen LogP contribution in [0.3, 0.4) is 0 Å². The number of benzene rings is 1. The van der Waals surface area contributed by atoms with E-state index in [1.807, 2.05) is 0 Å². The Kier molecular flexibility index (Phi) is 4.00. The number of aryl methyl sites for hydroxylation is 1. The van der Waals surface area contributed by atoms with Crippen molar-refractivity contribution in [2.75, 3.05) is 0 Å². The normalized spacial score (nSPS) is 25.6. The molecule has 0 spiro atoms. The smallest absolute Gasteiger partial charge is 0.00703 e. The summed E-state index contributed by atoms with van der Waals surface area (Å²) < 4.78 is 0. The molecule has 1 aromatic carbocycles.